The Labute approximate surface area is 117 Å². The van der Waals surface area contributed by atoms with Crippen LogP contribution in [0.3, 0.4) is 0 Å². The third-order valence-corrected chi connectivity index (χ3v) is 3.04. The number of rotatable bonds is 2. The van der Waals surface area contributed by atoms with E-state index in [1.54, 1.807) is 0 Å². The topological polar surface area (TPSA) is 58.7 Å². The molecule has 0 unspecified atom stereocenters. The van der Waals surface area contributed by atoms with E-state index in [-0.39, 0.29) is 22.5 Å². The van der Waals surface area contributed by atoms with Crippen LogP contribution < -0.4 is 0 Å². The molecule has 6 heteroatoms. The maximum atomic E-state index is 13.9. The van der Waals surface area contributed by atoms with Gasteiger partial charge in [0, 0.05) is 29.4 Å². The Morgan fingerprint density at radius 2 is 2.24 bits per heavy atom. The highest BCUT2D eigenvalue weighted by Gasteiger charge is 2.17. The van der Waals surface area contributed by atoms with Gasteiger partial charge in [-0.3, -0.25) is 9.36 Å². The highest BCUT2D eigenvalue weighted by Crippen LogP contribution is 2.26. The number of aromatic nitrogens is 2. The molecule has 0 bridgehead atoms. The van der Waals surface area contributed by atoms with E-state index in [0.717, 1.165) is 16.7 Å². The maximum absolute atomic E-state index is 13.9. The lowest BCUT2D eigenvalue weighted by Gasteiger charge is -2.06. The van der Waals surface area contributed by atoms with Gasteiger partial charge < -0.3 is 0 Å². The quantitative estimate of drug-likeness (QED) is 0.679. The van der Waals surface area contributed by atoms with Crippen LogP contribution in [0.15, 0.2) is 30.6 Å². The van der Waals surface area contributed by atoms with E-state index < -0.39 is 11.6 Å². The van der Waals surface area contributed by atoms with Crippen molar-refractivity contribution < 1.29 is 13.6 Å². The molecule has 0 aliphatic carbocycles. The van der Waals surface area contributed by atoms with Crippen LogP contribution in [0.2, 0.25) is 0 Å². The molecule has 0 saturated heterocycles. The van der Waals surface area contributed by atoms with Gasteiger partial charge in [-0.05, 0) is 18.2 Å². The molecular weight excluding hydrogens is 276 g/mol. The second kappa shape index (κ2) is 4.80. The lowest BCUT2D eigenvalue weighted by Crippen LogP contribution is -2.01. The Morgan fingerprint density at radius 3 is 2.90 bits per heavy atom. The number of pyridine rings is 1. The van der Waals surface area contributed by atoms with Crippen LogP contribution in [-0.2, 0) is 0 Å². The monoisotopic (exact) mass is 282 g/mol. The van der Waals surface area contributed by atoms with Gasteiger partial charge in [0.1, 0.15) is 23.2 Å². The molecule has 0 saturated carbocycles. The number of fused-ring (bicyclic) bond motifs is 1. The molecule has 2 heterocycles. The van der Waals surface area contributed by atoms with Crippen LogP contribution >= 0.6 is 0 Å². The average molecular weight is 282 g/mol. The van der Waals surface area contributed by atoms with E-state index in [2.05, 4.69) is 11.1 Å². The summed E-state index contributed by atoms with van der Waals surface area (Å²) in [5.74, 6) is -1.69. The summed E-state index contributed by atoms with van der Waals surface area (Å²) < 4.78 is 28.9. The smallest absolute Gasteiger partial charge is 0.158 e. The van der Waals surface area contributed by atoms with Gasteiger partial charge in [0.25, 0.3) is 0 Å². The Morgan fingerprint density at radius 1 is 1.43 bits per heavy atom. The minimum absolute atomic E-state index is 0.188. The molecule has 0 spiro atoms. The minimum Gasteiger partial charge on any atom is -0.298 e. The van der Waals surface area contributed by atoms with Crippen molar-refractivity contribution in [2.75, 3.05) is 0 Å². The number of hydrogen-bond donors (Lipinski definition) is 0. The summed E-state index contributed by atoms with van der Waals surface area (Å²) in [5, 5.41) is 9.22. The number of carbonyl (C=O) groups excluding carboxylic acids is 1. The molecule has 0 N–H and O–H groups in total. The largest absolute Gasteiger partial charge is 0.298 e. The zero-order valence-electron chi connectivity index (χ0n) is 10.5. The lowest BCUT2D eigenvalue weighted by molar-refractivity contribution is 0.112. The number of hydrogen-bond acceptors (Lipinski definition) is 3. The maximum Gasteiger partial charge on any atom is 0.158 e. The number of benzene rings is 1. The van der Waals surface area contributed by atoms with Crippen molar-refractivity contribution in [3.63, 3.8) is 0 Å². The fraction of sp³-hybridized carbons (Fsp3) is 0. The van der Waals surface area contributed by atoms with E-state index in [9.17, 15) is 13.6 Å². The van der Waals surface area contributed by atoms with Crippen molar-refractivity contribution in [2.24, 2.45) is 0 Å². The van der Waals surface area contributed by atoms with Gasteiger partial charge in [-0.2, -0.15) is 5.26 Å². The van der Waals surface area contributed by atoms with Crippen LogP contribution in [0.5, 0.6) is 0 Å². The van der Waals surface area contributed by atoms with Crippen molar-refractivity contribution in [1.29, 1.82) is 5.26 Å². The van der Waals surface area contributed by atoms with Gasteiger partial charge in [-0.1, -0.05) is 0 Å². The van der Waals surface area contributed by atoms with E-state index in [1.165, 1.54) is 18.5 Å². The Bertz CT molecular complexity index is 889. The molecule has 101 valence electrons. The molecule has 0 aliphatic heterocycles. The van der Waals surface area contributed by atoms with Crippen molar-refractivity contribution >= 4 is 17.3 Å². The summed E-state index contributed by atoms with van der Waals surface area (Å²) in [5.41, 5.74) is 0.266. The van der Waals surface area contributed by atoms with Crippen LogP contribution in [0.4, 0.5) is 8.78 Å². The molecule has 21 heavy (non-hydrogen) atoms. The van der Waals surface area contributed by atoms with Crippen molar-refractivity contribution in [3.05, 3.63) is 59.4 Å². The van der Waals surface area contributed by atoms with Crippen molar-refractivity contribution in [3.8, 4) is 11.8 Å². The Balaban J connectivity index is 2.40. The molecule has 4 nitrogen and oxygen atoms in total. The summed E-state index contributed by atoms with van der Waals surface area (Å²) in [6.45, 7) is 0. The Kier molecular flexibility index (Phi) is 2.95. The van der Waals surface area contributed by atoms with E-state index in [0.29, 0.717) is 11.7 Å². The first-order chi connectivity index (χ1) is 10.2. The fourth-order valence-electron chi connectivity index (χ4n) is 2.12. The predicted octanol–water partition coefficient (Wildman–Crippen LogP) is 2.79. The molecular formula is C15H6F2N3O. The molecule has 3 rings (SSSR count). The third kappa shape index (κ3) is 1.96. The summed E-state index contributed by atoms with van der Waals surface area (Å²) in [7, 11) is 0. The zero-order chi connectivity index (χ0) is 15.0. The van der Waals surface area contributed by atoms with E-state index >= 15 is 0 Å². The Hall–Kier alpha value is -3.07. The fourth-order valence-corrected chi connectivity index (χ4v) is 2.12. The number of carbonyl (C=O) groups is 1. The van der Waals surface area contributed by atoms with Gasteiger partial charge >= 0.3 is 0 Å². The number of nitriles is 1. The summed E-state index contributed by atoms with van der Waals surface area (Å²) in [4.78, 5) is 15.1. The number of aldehydes is 1. The second-order valence-electron chi connectivity index (χ2n) is 4.27. The lowest BCUT2D eigenvalue weighted by atomic mass is 10.2. The summed E-state index contributed by atoms with van der Waals surface area (Å²) in [6.07, 6.45) is 3.10. The first kappa shape index (κ1) is 12.9. The van der Waals surface area contributed by atoms with Crippen LogP contribution in [0.1, 0.15) is 15.9 Å². The van der Waals surface area contributed by atoms with E-state index in [4.69, 9.17) is 5.26 Å². The first-order valence-corrected chi connectivity index (χ1v) is 5.88. The van der Waals surface area contributed by atoms with Gasteiger partial charge in [-0.25, -0.2) is 13.8 Å². The molecule has 0 aliphatic rings. The summed E-state index contributed by atoms with van der Waals surface area (Å²) >= 11 is 0. The number of nitrogens with zero attached hydrogens (tertiary/aromatic N) is 3. The molecule has 3 aromatic rings. The highest BCUT2D eigenvalue weighted by atomic mass is 19.1. The van der Waals surface area contributed by atoms with Gasteiger partial charge in [0.05, 0.1) is 5.56 Å². The van der Waals surface area contributed by atoms with Crippen LogP contribution in [0.25, 0.3) is 16.7 Å². The SMILES string of the molecule is N#Cc1cnc2c(c1)c(C=O)cn2-c1c(F)[c]ccc1F. The third-order valence-electron chi connectivity index (χ3n) is 3.04. The highest BCUT2D eigenvalue weighted by molar-refractivity contribution is 5.97. The molecule has 2 aromatic heterocycles. The second-order valence-corrected chi connectivity index (χ2v) is 4.27. The molecule has 0 atom stereocenters. The average Bonchev–Trinajstić information content (AvgIpc) is 2.85. The first-order valence-electron chi connectivity index (χ1n) is 5.88. The standard InChI is InChI=1S/C15H6F2N3O/c16-12-2-1-3-13(17)14(12)20-7-10(8-21)11-4-9(5-18)6-19-15(11)20/h1-2,4,6-8H. The van der Waals surface area contributed by atoms with Gasteiger partial charge in [0.2, 0.25) is 0 Å². The predicted molar refractivity (Wildman–Crippen MR) is 69.9 cm³/mol. The number of halogens is 2. The van der Waals surface area contributed by atoms with Gasteiger partial charge in [-0.15, -0.1) is 0 Å². The minimum atomic E-state index is -0.893. The molecule has 1 radical (unpaired) electrons. The van der Waals surface area contributed by atoms with E-state index in [1.807, 2.05) is 6.07 Å². The van der Waals surface area contributed by atoms with Crippen molar-refractivity contribution in [1.82, 2.24) is 9.55 Å². The molecule has 1 aromatic carbocycles. The van der Waals surface area contributed by atoms with Crippen molar-refractivity contribution in [2.45, 2.75) is 0 Å². The normalized spacial score (nSPS) is 10.5. The van der Waals surface area contributed by atoms with Gasteiger partial charge in [0.15, 0.2) is 12.1 Å². The molecule has 0 amide bonds. The van der Waals surface area contributed by atoms with Crippen LogP contribution in [0, 0.1) is 29.0 Å². The molecule has 0 fully saturated rings. The van der Waals surface area contributed by atoms with Crippen LogP contribution in [-0.4, -0.2) is 15.8 Å². The zero-order valence-corrected chi connectivity index (χ0v) is 10.5. The summed E-state index contributed by atoms with van der Waals surface area (Å²) in [6, 6.07) is 7.80.